The van der Waals surface area contributed by atoms with Crippen LogP contribution in [-0.2, 0) is 20.4 Å². The molecular weight excluding hydrogens is 442 g/mol. The summed E-state index contributed by atoms with van der Waals surface area (Å²) in [6.45, 7) is 0. The summed E-state index contributed by atoms with van der Waals surface area (Å²) in [7, 11) is -3.54. The fourth-order valence-electron chi connectivity index (χ4n) is 3.01. The molecule has 4 rings (SSSR count). The maximum Gasteiger partial charge on any atom is 0.258 e. The van der Waals surface area contributed by atoms with Crippen molar-refractivity contribution in [1.82, 2.24) is 10.2 Å². The Kier molecular flexibility index (Phi) is 6.53. The van der Waals surface area contributed by atoms with Crippen LogP contribution in [0.5, 0.6) is 0 Å². The molecule has 0 spiro atoms. The van der Waals surface area contributed by atoms with Crippen LogP contribution < -0.4 is 5.32 Å². The first kappa shape index (κ1) is 21.6. The molecule has 6 nitrogen and oxygen atoms in total. The number of nitrogens with one attached hydrogen (secondary N) is 1. The Morgan fingerprint density at radius 3 is 2.09 bits per heavy atom. The third kappa shape index (κ3) is 5.35. The Labute approximate surface area is 190 Å². The summed E-state index contributed by atoms with van der Waals surface area (Å²) in [5.74, 6) is -0.635. The number of carbonyl (C=O) groups excluding carboxylic acids is 1. The predicted molar refractivity (Wildman–Crippen MR) is 127 cm³/mol. The van der Waals surface area contributed by atoms with Gasteiger partial charge in [0.15, 0.2) is 9.84 Å². The number of carbonyl (C=O) groups is 1. The van der Waals surface area contributed by atoms with Crippen LogP contribution in [0.2, 0.25) is 0 Å². The van der Waals surface area contributed by atoms with Crippen LogP contribution in [0.4, 0.5) is 5.13 Å². The van der Waals surface area contributed by atoms with Gasteiger partial charge in [0, 0.05) is 5.57 Å². The minimum absolute atomic E-state index is 0.220. The van der Waals surface area contributed by atoms with E-state index in [1.54, 1.807) is 36.4 Å². The molecule has 0 bridgehead atoms. The van der Waals surface area contributed by atoms with E-state index in [1.807, 2.05) is 60.7 Å². The maximum atomic E-state index is 13.1. The van der Waals surface area contributed by atoms with Crippen molar-refractivity contribution in [3.05, 3.63) is 107 Å². The molecule has 1 aromatic heterocycles. The molecule has 1 amide bonds. The number of amides is 1. The summed E-state index contributed by atoms with van der Waals surface area (Å²) in [4.78, 5) is 13.3. The summed E-state index contributed by atoms with van der Waals surface area (Å²) in [6.07, 6.45) is 1.80. The van der Waals surface area contributed by atoms with Crippen molar-refractivity contribution in [1.29, 1.82) is 0 Å². The molecule has 0 atom stereocenters. The van der Waals surface area contributed by atoms with E-state index in [0.717, 1.165) is 22.5 Å². The van der Waals surface area contributed by atoms with E-state index in [0.29, 0.717) is 10.6 Å². The fraction of sp³-hybridized carbons (Fsp3) is 0.0417. The number of sulfone groups is 1. The fourth-order valence-corrected chi connectivity index (χ4v) is 5.37. The van der Waals surface area contributed by atoms with Crippen LogP contribution in [0.25, 0.3) is 11.6 Å². The van der Waals surface area contributed by atoms with Crippen molar-refractivity contribution < 1.29 is 13.2 Å². The Balaban J connectivity index is 1.55. The number of aromatic nitrogens is 2. The van der Waals surface area contributed by atoms with Crippen molar-refractivity contribution in [2.24, 2.45) is 0 Å². The second kappa shape index (κ2) is 9.67. The smallest absolute Gasteiger partial charge is 0.258 e. The third-order valence-corrected chi connectivity index (χ3v) is 7.21. The average molecular weight is 462 g/mol. The molecule has 0 aliphatic heterocycles. The zero-order valence-corrected chi connectivity index (χ0v) is 18.5. The Morgan fingerprint density at radius 1 is 0.844 bits per heavy atom. The van der Waals surface area contributed by atoms with E-state index in [-0.39, 0.29) is 21.7 Å². The van der Waals surface area contributed by atoms with Crippen LogP contribution in [-0.4, -0.2) is 24.5 Å². The van der Waals surface area contributed by atoms with Gasteiger partial charge >= 0.3 is 0 Å². The molecule has 0 fully saturated rings. The number of rotatable bonds is 7. The lowest BCUT2D eigenvalue weighted by molar-refractivity contribution is -0.111. The molecule has 0 aliphatic carbocycles. The largest absolute Gasteiger partial charge is 0.296 e. The lowest BCUT2D eigenvalue weighted by atomic mass is 10.0. The molecule has 32 heavy (non-hydrogen) atoms. The average Bonchev–Trinajstić information content (AvgIpc) is 3.25. The molecule has 4 aromatic rings. The summed E-state index contributed by atoms with van der Waals surface area (Å²) in [5.41, 5.74) is 2.10. The van der Waals surface area contributed by atoms with Crippen LogP contribution in [0, 0.1) is 0 Å². The van der Waals surface area contributed by atoms with Crippen molar-refractivity contribution >= 4 is 43.9 Å². The predicted octanol–water partition coefficient (Wildman–Crippen LogP) is 4.69. The van der Waals surface area contributed by atoms with E-state index in [4.69, 9.17) is 0 Å². The van der Waals surface area contributed by atoms with Gasteiger partial charge in [0.25, 0.3) is 5.91 Å². The molecule has 0 saturated carbocycles. The van der Waals surface area contributed by atoms with Crippen LogP contribution in [0.15, 0.2) is 95.9 Å². The van der Waals surface area contributed by atoms with Crippen molar-refractivity contribution in [3.8, 4) is 0 Å². The van der Waals surface area contributed by atoms with Gasteiger partial charge in [0.05, 0.1) is 4.90 Å². The van der Waals surface area contributed by atoms with Crippen LogP contribution in [0.1, 0.15) is 16.1 Å². The minimum atomic E-state index is -3.54. The Morgan fingerprint density at radius 2 is 1.44 bits per heavy atom. The van der Waals surface area contributed by atoms with Gasteiger partial charge in [0.2, 0.25) is 5.13 Å². The molecule has 8 heteroatoms. The first-order valence-electron chi connectivity index (χ1n) is 9.75. The van der Waals surface area contributed by atoms with Crippen molar-refractivity contribution in [3.63, 3.8) is 0 Å². The highest BCUT2D eigenvalue weighted by molar-refractivity contribution is 7.90. The highest BCUT2D eigenvalue weighted by atomic mass is 32.2. The summed E-state index contributed by atoms with van der Waals surface area (Å²) in [5, 5.41) is 11.2. The zero-order valence-electron chi connectivity index (χ0n) is 16.9. The molecule has 1 N–H and O–H groups in total. The van der Waals surface area contributed by atoms with Crippen molar-refractivity contribution in [2.75, 3.05) is 5.32 Å². The highest BCUT2D eigenvalue weighted by Gasteiger charge is 2.20. The molecular formula is C24H19N3O3S2. The summed E-state index contributed by atoms with van der Waals surface area (Å²) < 4.78 is 25.1. The van der Waals surface area contributed by atoms with E-state index >= 15 is 0 Å². The van der Waals surface area contributed by atoms with Crippen molar-refractivity contribution in [2.45, 2.75) is 10.6 Å². The van der Waals surface area contributed by atoms with Crippen LogP contribution >= 0.6 is 11.3 Å². The Hall–Kier alpha value is -3.62. The van der Waals surface area contributed by atoms with Gasteiger partial charge in [-0.05, 0) is 29.3 Å². The first-order chi connectivity index (χ1) is 15.5. The Bertz CT molecular complexity index is 1340. The second-order valence-electron chi connectivity index (χ2n) is 6.86. The van der Waals surface area contributed by atoms with Gasteiger partial charge in [-0.25, -0.2) is 8.42 Å². The number of nitrogens with zero attached hydrogens (tertiary/aromatic N) is 2. The monoisotopic (exact) mass is 461 g/mol. The highest BCUT2D eigenvalue weighted by Crippen LogP contribution is 2.24. The van der Waals surface area contributed by atoms with E-state index < -0.39 is 9.84 Å². The van der Waals surface area contributed by atoms with Gasteiger partial charge < -0.3 is 0 Å². The summed E-state index contributed by atoms with van der Waals surface area (Å²) in [6, 6.07) is 27.0. The van der Waals surface area contributed by atoms with Gasteiger partial charge in [0.1, 0.15) is 10.8 Å². The molecule has 0 unspecified atom stereocenters. The minimum Gasteiger partial charge on any atom is -0.296 e. The quantitative estimate of drug-likeness (QED) is 0.319. The molecule has 0 aliphatic rings. The normalized spacial score (nSPS) is 11.8. The molecule has 160 valence electrons. The molecule has 0 radical (unpaired) electrons. The van der Waals surface area contributed by atoms with Crippen LogP contribution in [0.3, 0.4) is 0 Å². The van der Waals surface area contributed by atoms with E-state index in [2.05, 4.69) is 15.5 Å². The number of hydrogen-bond donors (Lipinski definition) is 1. The second-order valence-corrected chi connectivity index (χ2v) is 9.91. The van der Waals surface area contributed by atoms with Gasteiger partial charge in [-0.2, -0.15) is 0 Å². The lowest BCUT2D eigenvalue weighted by Gasteiger charge is -2.08. The van der Waals surface area contributed by atoms with Gasteiger partial charge in [-0.3, -0.25) is 10.1 Å². The molecule has 3 aromatic carbocycles. The zero-order chi connectivity index (χ0) is 22.4. The van der Waals surface area contributed by atoms with E-state index in [1.165, 1.54) is 0 Å². The standard InChI is InChI=1S/C24H19N3O3S2/c28-23(21(19-12-6-2-7-13-19)16-18-10-4-1-5-11-18)25-24-27-26-22(31-24)17-32(29,30)20-14-8-3-9-15-20/h1-16H,17H2,(H,25,27,28)/b21-16+. The first-order valence-corrected chi connectivity index (χ1v) is 12.2. The SMILES string of the molecule is O=C(Nc1nnc(CS(=O)(=O)c2ccccc2)s1)/C(=C/c1ccccc1)c1ccccc1. The van der Waals surface area contributed by atoms with Gasteiger partial charge in [-0.1, -0.05) is 90.2 Å². The maximum absolute atomic E-state index is 13.1. The number of anilines is 1. The molecule has 1 heterocycles. The van der Waals surface area contributed by atoms with Gasteiger partial charge in [-0.15, -0.1) is 10.2 Å². The topological polar surface area (TPSA) is 89.0 Å². The number of benzene rings is 3. The molecule has 0 saturated heterocycles. The third-order valence-electron chi connectivity index (χ3n) is 4.54. The van der Waals surface area contributed by atoms with E-state index in [9.17, 15) is 13.2 Å². The lowest BCUT2D eigenvalue weighted by Crippen LogP contribution is -2.13. The number of hydrogen-bond acceptors (Lipinski definition) is 6. The summed E-state index contributed by atoms with van der Waals surface area (Å²) >= 11 is 1.04.